The second-order valence-corrected chi connectivity index (χ2v) is 7.04. The number of ether oxygens (including phenoxy) is 1. The minimum absolute atomic E-state index is 0.0646. The molecule has 0 saturated carbocycles. The lowest BCUT2D eigenvalue weighted by Gasteiger charge is -2.33. The molecule has 0 radical (unpaired) electrons. The Labute approximate surface area is 164 Å². The van der Waals surface area contributed by atoms with E-state index in [1.54, 1.807) is 13.3 Å². The Hall–Kier alpha value is -3.12. The number of aromatic nitrogens is 2. The van der Waals surface area contributed by atoms with E-state index in [0.29, 0.717) is 13.1 Å². The van der Waals surface area contributed by atoms with Crippen LogP contribution in [0.25, 0.3) is 5.69 Å². The zero-order valence-corrected chi connectivity index (χ0v) is 15.9. The number of imidazole rings is 1. The van der Waals surface area contributed by atoms with Crippen molar-refractivity contribution in [2.75, 3.05) is 20.2 Å². The van der Waals surface area contributed by atoms with Gasteiger partial charge in [-0.15, -0.1) is 0 Å². The Balaban J connectivity index is 1.46. The maximum absolute atomic E-state index is 12.2. The Bertz CT molecular complexity index is 921. The summed E-state index contributed by atoms with van der Waals surface area (Å²) in [6.45, 7) is 1.81. The second-order valence-electron chi connectivity index (χ2n) is 7.04. The third kappa shape index (κ3) is 4.23. The molecular weight excluding hydrogens is 352 g/mol. The molecule has 1 amide bonds. The van der Waals surface area contributed by atoms with Gasteiger partial charge in [-0.25, -0.2) is 4.98 Å². The number of rotatable bonds is 6. The summed E-state index contributed by atoms with van der Waals surface area (Å²) in [5.41, 5.74) is 2.25. The van der Waals surface area contributed by atoms with Gasteiger partial charge in [0.2, 0.25) is 5.91 Å². The lowest BCUT2D eigenvalue weighted by Crippen LogP contribution is -2.54. The number of hydrogen-bond acceptors (Lipinski definition) is 4. The van der Waals surface area contributed by atoms with Crippen LogP contribution >= 0.6 is 0 Å². The molecule has 1 saturated heterocycles. The van der Waals surface area contributed by atoms with Crippen LogP contribution in [0.15, 0.2) is 67.0 Å². The summed E-state index contributed by atoms with van der Waals surface area (Å²) in [5.74, 6) is 1.80. The van der Waals surface area contributed by atoms with Crippen LogP contribution in [0.5, 0.6) is 5.75 Å². The molecule has 2 heterocycles. The first-order valence-corrected chi connectivity index (χ1v) is 9.43. The van der Waals surface area contributed by atoms with E-state index in [2.05, 4.69) is 31.9 Å². The van der Waals surface area contributed by atoms with E-state index in [-0.39, 0.29) is 11.9 Å². The third-order valence-electron chi connectivity index (χ3n) is 4.97. The molecule has 4 rings (SSSR count). The van der Waals surface area contributed by atoms with Crippen molar-refractivity contribution < 1.29 is 9.53 Å². The van der Waals surface area contributed by atoms with Crippen LogP contribution in [0.2, 0.25) is 0 Å². The van der Waals surface area contributed by atoms with Gasteiger partial charge in [0.1, 0.15) is 11.6 Å². The molecule has 0 aliphatic carbocycles. The van der Waals surface area contributed by atoms with Crippen molar-refractivity contribution in [2.24, 2.45) is 0 Å². The molecule has 1 aromatic heterocycles. The Morgan fingerprint density at radius 2 is 1.93 bits per heavy atom. The van der Waals surface area contributed by atoms with Crippen LogP contribution in [-0.2, 0) is 17.8 Å². The minimum Gasteiger partial charge on any atom is -0.497 e. The summed E-state index contributed by atoms with van der Waals surface area (Å²) in [5, 5.41) is 3.11. The molecule has 2 aromatic carbocycles. The van der Waals surface area contributed by atoms with Gasteiger partial charge in [0.05, 0.1) is 20.2 Å². The lowest BCUT2D eigenvalue weighted by molar-refractivity contribution is -0.125. The molecule has 1 aliphatic heterocycles. The molecule has 1 N–H and O–H groups in total. The van der Waals surface area contributed by atoms with Gasteiger partial charge < -0.3 is 14.6 Å². The molecule has 1 fully saturated rings. The highest BCUT2D eigenvalue weighted by Gasteiger charge is 2.25. The fraction of sp³-hybridized carbons (Fsp3) is 0.273. The highest BCUT2D eigenvalue weighted by Crippen LogP contribution is 2.18. The summed E-state index contributed by atoms with van der Waals surface area (Å²) in [6, 6.07) is 18.3. The number of hydrogen-bond donors (Lipinski definition) is 1. The number of benzene rings is 2. The average molecular weight is 376 g/mol. The van der Waals surface area contributed by atoms with Crippen molar-refractivity contribution >= 4 is 5.91 Å². The van der Waals surface area contributed by atoms with E-state index in [1.807, 2.05) is 48.7 Å². The number of nitrogens with one attached hydrogen (secondary N) is 1. The predicted octanol–water partition coefficient (Wildman–Crippen LogP) is 2.42. The number of nitrogens with zero attached hydrogens (tertiary/aromatic N) is 3. The topological polar surface area (TPSA) is 59.4 Å². The van der Waals surface area contributed by atoms with E-state index >= 15 is 0 Å². The van der Waals surface area contributed by atoms with Gasteiger partial charge in [0.25, 0.3) is 0 Å². The van der Waals surface area contributed by atoms with Crippen molar-refractivity contribution in [1.82, 2.24) is 19.8 Å². The van der Waals surface area contributed by atoms with Gasteiger partial charge in [0, 0.05) is 30.7 Å². The molecule has 6 heteroatoms. The van der Waals surface area contributed by atoms with Crippen molar-refractivity contribution in [3.63, 3.8) is 0 Å². The van der Waals surface area contributed by atoms with Crippen LogP contribution < -0.4 is 10.1 Å². The van der Waals surface area contributed by atoms with Crippen molar-refractivity contribution in [3.8, 4) is 11.4 Å². The lowest BCUT2D eigenvalue weighted by atomic mass is 10.0. The summed E-state index contributed by atoms with van der Waals surface area (Å²) >= 11 is 0. The van der Waals surface area contributed by atoms with E-state index < -0.39 is 0 Å². The Morgan fingerprint density at radius 3 is 2.68 bits per heavy atom. The highest BCUT2D eigenvalue weighted by atomic mass is 16.5. The van der Waals surface area contributed by atoms with Gasteiger partial charge in [-0.05, 0) is 36.2 Å². The van der Waals surface area contributed by atoms with E-state index in [9.17, 15) is 4.79 Å². The monoisotopic (exact) mass is 376 g/mol. The van der Waals surface area contributed by atoms with Crippen LogP contribution in [-0.4, -0.2) is 46.6 Å². The van der Waals surface area contributed by atoms with E-state index in [1.165, 1.54) is 5.56 Å². The normalized spacial score (nSPS) is 17.3. The number of carbonyl (C=O) groups excluding carboxylic acids is 1. The van der Waals surface area contributed by atoms with E-state index in [0.717, 1.165) is 30.2 Å². The summed E-state index contributed by atoms with van der Waals surface area (Å²) in [7, 11) is 1.66. The molecule has 28 heavy (non-hydrogen) atoms. The zero-order valence-electron chi connectivity index (χ0n) is 15.9. The summed E-state index contributed by atoms with van der Waals surface area (Å²) in [4.78, 5) is 18.9. The first-order valence-electron chi connectivity index (χ1n) is 9.43. The SMILES string of the molecule is COc1ccc(-n2ccnc2CN2CC(=O)N[C@@H](Cc3ccccc3)C2)cc1. The smallest absolute Gasteiger partial charge is 0.234 e. The number of amides is 1. The van der Waals surface area contributed by atoms with Crippen molar-refractivity contribution in [3.05, 3.63) is 78.4 Å². The van der Waals surface area contributed by atoms with Crippen LogP contribution in [0.3, 0.4) is 0 Å². The number of carbonyl (C=O) groups is 1. The zero-order chi connectivity index (χ0) is 19.3. The Morgan fingerprint density at radius 1 is 1.14 bits per heavy atom. The first-order chi connectivity index (χ1) is 13.7. The maximum atomic E-state index is 12.2. The molecule has 0 bridgehead atoms. The highest BCUT2D eigenvalue weighted by molar-refractivity contribution is 5.79. The van der Waals surface area contributed by atoms with Crippen LogP contribution in [0, 0.1) is 0 Å². The fourth-order valence-corrected chi connectivity index (χ4v) is 3.66. The largest absolute Gasteiger partial charge is 0.497 e. The molecular formula is C22H24N4O2. The molecule has 1 aliphatic rings. The summed E-state index contributed by atoms with van der Waals surface area (Å²) in [6.07, 6.45) is 4.57. The molecule has 3 aromatic rings. The quantitative estimate of drug-likeness (QED) is 0.718. The van der Waals surface area contributed by atoms with Crippen LogP contribution in [0.1, 0.15) is 11.4 Å². The van der Waals surface area contributed by atoms with Gasteiger partial charge in [0.15, 0.2) is 0 Å². The molecule has 6 nitrogen and oxygen atoms in total. The second kappa shape index (κ2) is 8.27. The molecule has 0 unspecified atom stereocenters. The molecule has 144 valence electrons. The maximum Gasteiger partial charge on any atom is 0.234 e. The fourth-order valence-electron chi connectivity index (χ4n) is 3.66. The standard InChI is InChI=1S/C22H24N4O2/c1-28-20-9-7-19(8-10-20)26-12-11-23-21(26)15-25-14-18(24-22(27)16-25)13-17-5-3-2-4-6-17/h2-12,18H,13-16H2,1H3,(H,24,27)/t18-/m0/s1. The molecule has 0 spiro atoms. The Kier molecular flexibility index (Phi) is 5.39. The van der Waals surface area contributed by atoms with Gasteiger partial charge in [-0.2, -0.15) is 0 Å². The number of methoxy groups -OCH3 is 1. The predicted molar refractivity (Wildman–Crippen MR) is 107 cm³/mol. The average Bonchev–Trinajstić information content (AvgIpc) is 3.16. The van der Waals surface area contributed by atoms with Gasteiger partial charge in [-0.1, -0.05) is 30.3 Å². The first kappa shape index (κ1) is 18.3. The molecule has 1 atom stereocenters. The van der Waals surface area contributed by atoms with Crippen molar-refractivity contribution in [2.45, 2.75) is 19.0 Å². The third-order valence-corrected chi connectivity index (χ3v) is 4.97. The van der Waals surface area contributed by atoms with Crippen LogP contribution in [0.4, 0.5) is 0 Å². The van der Waals surface area contributed by atoms with Gasteiger partial charge >= 0.3 is 0 Å². The number of piperazine rings is 1. The van der Waals surface area contributed by atoms with Crippen molar-refractivity contribution in [1.29, 1.82) is 0 Å². The summed E-state index contributed by atoms with van der Waals surface area (Å²) < 4.78 is 7.29. The minimum atomic E-state index is 0.0646. The van der Waals surface area contributed by atoms with E-state index in [4.69, 9.17) is 4.74 Å². The van der Waals surface area contributed by atoms with Gasteiger partial charge in [-0.3, -0.25) is 9.69 Å².